The van der Waals surface area contributed by atoms with Gasteiger partial charge in [0.05, 0.1) is 44.1 Å². The molecule has 4 N–H and O–H groups in total. The molecule has 3 aromatic rings. The number of methoxy groups -OCH3 is 1. The van der Waals surface area contributed by atoms with E-state index in [4.69, 9.17) is 14.2 Å². The van der Waals surface area contributed by atoms with Crippen molar-refractivity contribution in [3.63, 3.8) is 0 Å². The minimum atomic E-state index is -1.07. The van der Waals surface area contributed by atoms with Crippen molar-refractivity contribution < 1.29 is 34.0 Å². The zero-order valence-corrected chi connectivity index (χ0v) is 25.7. The van der Waals surface area contributed by atoms with E-state index in [-0.39, 0.29) is 25.5 Å². The molecular formula is C36H44N2O7. The number of allylic oxidation sites excluding steroid dienone is 1. The number of aliphatic hydroxyl groups excluding tert-OH is 2. The Morgan fingerprint density at radius 3 is 2.38 bits per heavy atom. The zero-order chi connectivity index (χ0) is 31.9. The minimum Gasteiger partial charge on any atom is -0.447 e. The van der Waals surface area contributed by atoms with Gasteiger partial charge < -0.3 is 35.1 Å². The molecule has 45 heavy (non-hydrogen) atoms. The number of carbonyl (C=O) groups is 2. The first-order valence-electron chi connectivity index (χ1n) is 15.4. The molecule has 0 aliphatic heterocycles. The highest BCUT2D eigenvalue weighted by molar-refractivity contribution is 5.80. The van der Waals surface area contributed by atoms with E-state index in [0.717, 1.165) is 22.3 Å². The van der Waals surface area contributed by atoms with E-state index in [9.17, 15) is 19.8 Å². The predicted molar refractivity (Wildman–Crippen MR) is 172 cm³/mol. The summed E-state index contributed by atoms with van der Waals surface area (Å²) in [5.74, 6) is -0.910. The maximum Gasteiger partial charge on any atom is 0.407 e. The fraction of sp³-hybridized carbons (Fsp3) is 0.389. The molecular weight excluding hydrogens is 572 g/mol. The van der Waals surface area contributed by atoms with Crippen LogP contribution in [0.25, 0.3) is 6.08 Å². The van der Waals surface area contributed by atoms with E-state index in [1.165, 1.54) is 0 Å². The fourth-order valence-electron chi connectivity index (χ4n) is 5.50. The Morgan fingerprint density at radius 2 is 1.62 bits per heavy atom. The molecule has 0 aromatic heterocycles. The van der Waals surface area contributed by atoms with Crippen molar-refractivity contribution in [3.05, 3.63) is 113 Å². The van der Waals surface area contributed by atoms with Crippen LogP contribution in [0.15, 0.2) is 91.0 Å². The molecule has 0 spiro atoms. The second kappa shape index (κ2) is 18.1. The van der Waals surface area contributed by atoms with Gasteiger partial charge in [0, 0.05) is 19.4 Å². The van der Waals surface area contributed by atoms with Crippen molar-refractivity contribution in [2.45, 2.75) is 50.0 Å². The minimum absolute atomic E-state index is 0.0458. The summed E-state index contributed by atoms with van der Waals surface area (Å²) in [6, 6.07) is 25.7. The molecule has 1 aliphatic carbocycles. The highest BCUT2D eigenvalue weighted by Crippen LogP contribution is 2.32. The van der Waals surface area contributed by atoms with Gasteiger partial charge in [-0.2, -0.15) is 0 Å². The topological polar surface area (TPSA) is 126 Å². The van der Waals surface area contributed by atoms with Crippen LogP contribution in [-0.2, 0) is 31.8 Å². The van der Waals surface area contributed by atoms with E-state index in [0.29, 0.717) is 32.5 Å². The van der Waals surface area contributed by atoms with Gasteiger partial charge in [0.2, 0.25) is 5.91 Å². The van der Waals surface area contributed by atoms with Crippen LogP contribution in [0, 0.1) is 5.92 Å². The van der Waals surface area contributed by atoms with Gasteiger partial charge in [-0.15, -0.1) is 0 Å². The lowest BCUT2D eigenvalue weighted by Crippen LogP contribution is -2.47. The molecule has 9 nitrogen and oxygen atoms in total. The standard InChI is InChI=1S/C36H44N2O7/c1-43-19-20-44-21-22-45-36(42)37-31(23-27-13-6-3-7-14-27)32(39)25-29(17-10-15-26-11-4-2-5-12-26)35(41)38-34-30-18-9-8-16-28(30)24-33(34)40/h2-16,18,29,31-34,39-40H,17,19-25H2,1H3,(H,37,42)(H,38,41)/t29-,31+,32+,33-,34+/m1/s1. The number of benzene rings is 3. The smallest absolute Gasteiger partial charge is 0.407 e. The van der Waals surface area contributed by atoms with Crippen LogP contribution in [0.2, 0.25) is 0 Å². The summed E-state index contributed by atoms with van der Waals surface area (Å²) in [4.78, 5) is 26.5. The Kier molecular flexibility index (Phi) is 13.6. The van der Waals surface area contributed by atoms with Crippen LogP contribution < -0.4 is 10.6 Å². The summed E-state index contributed by atoms with van der Waals surface area (Å²) < 4.78 is 15.6. The Labute approximate surface area is 265 Å². The van der Waals surface area contributed by atoms with Crippen molar-refractivity contribution in [1.29, 1.82) is 0 Å². The Bertz CT molecular complexity index is 1350. The molecule has 0 saturated carbocycles. The van der Waals surface area contributed by atoms with Gasteiger partial charge in [-0.1, -0.05) is 97.1 Å². The van der Waals surface area contributed by atoms with Gasteiger partial charge in [0.1, 0.15) is 6.61 Å². The molecule has 0 radical (unpaired) electrons. The largest absolute Gasteiger partial charge is 0.447 e. The van der Waals surface area contributed by atoms with Crippen molar-refractivity contribution in [2.24, 2.45) is 5.92 Å². The lowest BCUT2D eigenvalue weighted by Gasteiger charge is -2.28. The summed E-state index contributed by atoms with van der Waals surface area (Å²) in [6.07, 6.45) is 2.60. The Morgan fingerprint density at radius 1 is 0.933 bits per heavy atom. The van der Waals surface area contributed by atoms with Gasteiger partial charge in [-0.3, -0.25) is 4.79 Å². The molecule has 1 aliphatic rings. The quantitative estimate of drug-likeness (QED) is 0.167. The monoisotopic (exact) mass is 616 g/mol. The average molecular weight is 617 g/mol. The number of hydrogen-bond donors (Lipinski definition) is 4. The summed E-state index contributed by atoms with van der Waals surface area (Å²) in [7, 11) is 1.58. The van der Waals surface area contributed by atoms with Gasteiger partial charge in [0.15, 0.2) is 0 Å². The summed E-state index contributed by atoms with van der Waals surface area (Å²) in [5, 5.41) is 28.2. The summed E-state index contributed by atoms with van der Waals surface area (Å²) in [6.45, 7) is 1.10. The maximum atomic E-state index is 13.8. The number of amides is 2. The molecule has 5 atom stereocenters. The molecule has 9 heteroatoms. The van der Waals surface area contributed by atoms with E-state index >= 15 is 0 Å². The van der Waals surface area contributed by atoms with E-state index in [1.54, 1.807) is 7.11 Å². The number of alkyl carbamates (subject to hydrolysis) is 1. The van der Waals surface area contributed by atoms with Gasteiger partial charge in [0.25, 0.3) is 0 Å². The molecule has 2 amide bonds. The second-order valence-corrected chi connectivity index (χ2v) is 11.2. The number of rotatable bonds is 17. The fourth-order valence-corrected chi connectivity index (χ4v) is 5.50. The number of hydrogen-bond acceptors (Lipinski definition) is 7. The van der Waals surface area contributed by atoms with Crippen molar-refractivity contribution in [2.75, 3.05) is 33.5 Å². The molecule has 0 heterocycles. The van der Waals surface area contributed by atoms with Crippen LogP contribution in [0.5, 0.6) is 0 Å². The molecule has 0 unspecified atom stereocenters. The molecule has 240 valence electrons. The molecule has 0 bridgehead atoms. The summed E-state index contributed by atoms with van der Waals surface area (Å²) in [5.41, 5.74) is 3.82. The first-order chi connectivity index (χ1) is 21.9. The van der Waals surface area contributed by atoms with Gasteiger partial charge >= 0.3 is 6.09 Å². The SMILES string of the molecule is COCCOCCOC(=O)N[C@@H](Cc1ccccc1)[C@@H](O)C[C@@H](CC=Cc1ccccc1)C(=O)N[C@H]1c2ccccc2C[C@H]1O. The van der Waals surface area contributed by atoms with Gasteiger partial charge in [-0.05, 0) is 41.5 Å². The number of fused-ring (bicyclic) bond motifs is 1. The number of carbonyl (C=O) groups excluding carboxylic acids is 2. The van der Waals surface area contributed by atoms with Crippen LogP contribution in [-0.4, -0.2) is 74.0 Å². The third-order valence-corrected chi connectivity index (χ3v) is 7.89. The first kappa shape index (κ1) is 33.9. The lowest BCUT2D eigenvalue weighted by atomic mass is 9.90. The molecule has 0 saturated heterocycles. The Hall–Kier alpha value is -4.02. The average Bonchev–Trinajstić information content (AvgIpc) is 3.37. The molecule has 0 fully saturated rings. The number of ether oxygens (including phenoxy) is 3. The normalized spacial score (nSPS) is 17.8. The summed E-state index contributed by atoms with van der Waals surface area (Å²) >= 11 is 0. The van der Waals surface area contributed by atoms with Gasteiger partial charge in [-0.25, -0.2) is 4.79 Å². The highest BCUT2D eigenvalue weighted by Gasteiger charge is 2.35. The van der Waals surface area contributed by atoms with Crippen molar-refractivity contribution in [1.82, 2.24) is 10.6 Å². The van der Waals surface area contributed by atoms with E-state index < -0.39 is 36.3 Å². The molecule has 3 aromatic carbocycles. The first-order valence-corrected chi connectivity index (χ1v) is 15.4. The van der Waals surface area contributed by atoms with Crippen LogP contribution in [0.3, 0.4) is 0 Å². The highest BCUT2D eigenvalue weighted by atomic mass is 16.6. The predicted octanol–water partition coefficient (Wildman–Crippen LogP) is 4.23. The van der Waals surface area contributed by atoms with Crippen molar-refractivity contribution in [3.8, 4) is 0 Å². The zero-order valence-electron chi connectivity index (χ0n) is 25.7. The number of nitrogens with one attached hydrogen (secondary N) is 2. The van der Waals surface area contributed by atoms with E-state index in [2.05, 4.69) is 10.6 Å². The van der Waals surface area contributed by atoms with E-state index in [1.807, 2.05) is 97.1 Å². The van der Waals surface area contributed by atoms with Crippen LogP contribution >= 0.6 is 0 Å². The second-order valence-electron chi connectivity index (χ2n) is 11.2. The third kappa shape index (κ3) is 10.8. The molecule has 4 rings (SSSR count). The van der Waals surface area contributed by atoms with Crippen LogP contribution in [0.4, 0.5) is 4.79 Å². The van der Waals surface area contributed by atoms with Crippen molar-refractivity contribution >= 4 is 18.1 Å². The van der Waals surface area contributed by atoms with Crippen LogP contribution in [0.1, 0.15) is 41.1 Å². The Balaban J connectivity index is 1.47. The lowest BCUT2D eigenvalue weighted by molar-refractivity contribution is -0.127. The third-order valence-electron chi connectivity index (χ3n) is 7.89. The number of aliphatic hydroxyl groups is 2. The maximum absolute atomic E-state index is 13.8.